The van der Waals surface area contributed by atoms with Crippen molar-refractivity contribution in [1.82, 2.24) is 4.90 Å². The molecule has 6 heteroatoms. The van der Waals surface area contributed by atoms with Gasteiger partial charge in [0.1, 0.15) is 6.10 Å². The molecule has 0 saturated carbocycles. The average molecular weight is 426 g/mol. The Bertz CT molecular complexity index is 971. The highest BCUT2D eigenvalue weighted by Crippen LogP contribution is 2.67. The summed E-state index contributed by atoms with van der Waals surface area (Å²) in [5.74, 6) is 0.548. The summed E-state index contributed by atoms with van der Waals surface area (Å²) in [7, 11) is 2.13. The Kier molecular flexibility index (Phi) is 4.79. The Labute approximate surface area is 183 Å². The van der Waals surface area contributed by atoms with E-state index in [0.717, 1.165) is 24.1 Å². The third kappa shape index (κ3) is 2.52. The number of aliphatic hydroxyl groups is 1. The van der Waals surface area contributed by atoms with Gasteiger partial charge >= 0.3 is 5.97 Å². The summed E-state index contributed by atoms with van der Waals surface area (Å²) in [6, 6.07) is 4.05. The number of benzene rings is 1. The third-order valence-electron chi connectivity index (χ3n) is 7.90. The molecule has 5 rings (SSSR count). The zero-order chi connectivity index (χ0) is 22.0. The van der Waals surface area contributed by atoms with Crippen molar-refractivity contribution in [3.05, 3.63) is 35.4 Å². The number of ether oxygens (including phenoxy) is 2. The maximum Gasteiger partial charge on any atom is 0.311 e. The van der Waals surface area contributed by atoms with E-state index in [2.05, 4.69) is 18.0 Å². The molecule has 0 aromatic heterocycles. The largest absolute Gasteiger partial charge is 0.471 e. The van der Waals surface area contributed by atoms with Crippen LogP contribution in [0.25, 0.3) is 0 Å². The summed E-state index contributed by atoms with van der Waals surface area (Å²) >= 11 is 0. The van der Waals surface area contributed by atoms with E-state index >= 15 is 0 Å². The van der Waals surface area contributed by atoms with Gasteiger partial charge < -0.3 is 19.5 Å². The number of piperidine rings is 1. The molecule has 0 radical (unpaired) electrons. The molecule has 4 aliphatic rings. The van der Waals surface area contributed by atoms with E-state index in [4.69, 9.17) is 9.47 Å². The number of hydrogen-bond donors (Lipinski definition) is 1. The first-order valence-corrected chi connectivity index (χ1v) is 11.6. The van der Waals surface area contributed by atoms with E-state index in [9.17, 15) is 14.7 Å². The number of carbonyl (C=O) groups excluding carboxylic acids is 2. The van der Waals surface area contributed by atoms with Crippen LogP contribution in [-0.4, -0.2) is 53.1 Å². The maximum absolute atomic E-state index is 13.7. The molecule has 1 aromatic carbocycles. The lowest BCUT2D eigenvalue weighted by Gasteiger charge is -2.60. The van der Waals surface area contributed by atoms with Gasteiger partial charge in [-0.25, -0.2) is 0 Å². The molecule has 31 heavy (non-hydrogen) atoms. The number of Topliss-reactive ketones (excluding diaryl/α,β-unsaturated/α-hetero) is 1. The minimum atomic E-state index is -1.37. The van der Waals surface area contributed by atoms with Crippen molar-refractivity contribution in [2.24, 2.45) is 5.92 Å². The van der Waals surface area contributed by atoms with Crippen LogP contribution in [0.2, 0.25) is 0 Å². The lowest BCUT2D eigenvalue weighted by Crippen LogP contribution is -2.73. The summed E-state index contributed by atoms with van der Waals surface area (Å²) in [5, 5.41) is 11.3. The highest BCUT2D eigenvalue weighted by atomic mass is 16.6. The third-order valence-corrected chi connectivity index (χ3v) is 7.90. The smallest absolute Gasteiger partial charge is 0.311 e. The molecule has 166 valence electrons. The van der Waals surface area contributed by atoms with Gasteiger partial charge in [0.15, 0.2) is 17.3 Å². The summed E-state index contributed by atoms with van der Waals surface area (Å²) in [6.45, 7) is 4.73. The van der Waals surface area contributed by atoms with Gasteiger partial charge in [-0.3, -0.25) is 9.59 Å². The van der Waals surface area contributed by atoms with Gasteiger partial charge in [0.25, 0.3) is 0 Å². The first kappa shape index (κ1) is 20.7. The molecule has 2 aliphatic carbocycles. The van der Waals surface area contributed by atoms with Crippen LogP contribution in [0.15, 0.2) is 24.3 Å². The zero-order valence-electron chi connectivity index (χ0n) is 18.5. The van der Waals surface area contributed by atoms with Crippen LogP contribution in [-0.2, 0) is 21.4 Å². The predicted molar refractivity (Wildman–Crippen MR) is 115 cm³/mol. The Morgan fingerprint density at radius 2 is 2.00 bits per heavy atom. The molecule has 2 bridgehead atoms. The van der Waals surface area contributed by atoms with E-state index in [1.807, 2.05) is 19.9 Å². The molecule has 2 heterocycles. The first-order chi connectivity index (χ1) is 14.9. The molecule has 1 aromatic rings. The minimum absolute atomic E-state index is 0.0602. The summed E-state index contributed by atoms with van der Waals surface area (Å²) < 4.78 is 12.3. The fourth-order valence-corrected chi connectivity index (χ4v) is 6.64. The summed E-state index contributed by atoms with van der Waals surface area (Å²) in [6.07, 6.45) is 6.42. The van der Waals surface area contributed by atoms with Crippen molar-refractivity contribution in [2.75, 3.05) is 13.6 Å². The van der Waals surface area contributed by atoms with Crippen molar-refractivity contribution in [3.63, 3.8) is 0 Å². The second kappa shape index (κ2) is 7.17. The van der Waals surface area contributed by atoms with Crippen LogP contribution in [0.3, 0.4) is 0 Å². The van der Waals surface area contributed by atoms with Gasteiger partial charge in [0.2, 0.25) is 5.60 Å². The van der Waals surface area contributed by atoms with Crippen LogP contribution >= 0.6 is 0 Å². The molecule has 1 spiro atoms. The van der Waals surface area contributed by atoms with Gasteiger partial charge in [0, 0.05) is 30.4 Å². The van der Waals surface area contributed by atoms with Gasteiger partial charge in [-0.2, -0.15) is 0 Å². The van der Waals surface area contributed by atoms with E-state index in [1.165, 1.54) is 0 Å². The molecule has 1 fully saturated rings. The molecule has 5 atom stereocenters. The van der Waals surface area contributed by atoms with Crippen molar-refractivity contribution < 1.29 is 24.2 Å². The van der Waals surface area contributed by atoms with Gasteiger partial charge in [0.05, 0.1) is 5.41 Å². The Morgan fingerprint density at radius 1 is 1.23 bits per heavy atom. The van der Waals surface area contributed by atoms with E-state index in [-0.39, 0.29) is 23.7 Å². The normalized spacial score (nSPS) is 34.8. The second-order valence-electron chi connectivity index (χ2n) is 9.49. The molecular weight excluding hydrogens is 394 g/mol. The number of carbonyl (C=O) groups is 2. The van der Waals surface area contributed by atoms with Crippen LogP contribution in [0.1, 0.15) is 57.1 Å². The number of likely N-dealkylation sites (N-methyl/N-ethyl adjacent to an activating group) is 1. The van der Waals surface area contributed by atoms with Crippen LogP contribution in [0.5, 0.6) is 11.5 Å². The molecule has 1 N–H and O–H groups in total. The number of likely N-dealkylation sites (tertiary alicyclic amines) is 1. The maximum atomic E-state index is 13.7. The predicted octanol–water partition coefficient (Wildman–Crippen LogP) is 2.94. The summed E-state index contributed by atoms with van der Waals surface area (Å²) in [4.78, 5) is 28.4. The van der Waals surface area contributed by atoms with Gasteiger partial charge in [-0.1, -0.05) is 32.1 Å². The van der Waals surface area contributed by atoms with Gasteiger partial charge in [-0.15, -0.1) is 0 Å². The lowest BCUT2D eigenvalue weighted by atomic mass is 9.47. The van der Waals surface area contributed by atoms with E-state index < -0.39 is 17.1 Å². The fourth-order valence-electron chi connectivity index (χ4n) is 6.64. The van der Waals surface area contributed by atoms with Crippen molar-refractivity contribution >= 4 is 11.8 Å². The van der Waals surface area contributed by atoms with E-state index in [0.29, 0.717) is 43.6 Å². The Morgan fingerprint density at radius 3 is 2.74 bits per heavy atom. The highest BCUT2D eigenvalue weighted by Gasteiger charge is 2.74. The van der Waals surface area contributed by atoms with Crippen LogP contribution < -0.4 is 9.47 Å². The second-order valence-corrected chi connectivity index (χ2v) is 9.49. The molecule has 1 saturated heterocycles. The number of hydrogen-bond acceptors (Lipinski definition) is 6. The topological polar surface area (TPSA) is 76.1 Å². The monoisotopic (exact) mass is 425 g/mol. The highest BCUT2D eigenvalue weighted by molar-refractivity contribution is 5.94. The molecule has 6 nitrogen and oxygen atoms in total. The zero-order valence-corrected chi connectivity index (χ0v) is 18.5. The van der Waals surface area contributed by atoms with E-state index in [1.54, 1.807) is 12.1 Å². The number of ketones is 1. The number of aliphatic hydroxyl groups excluding tert-OH is 1. The van der Waals surface area contributed by atoms with Crippen LogP contribution in [0, 0.1) is 5.92 Å². The standard InChI is InChI=1S/C25H31NO5/c1-4-6-19(27)25-20(28)11-9-16-17-14-15-8-10-18(30-21(29)7-5-2)23(31-25)22(15)24(16,25)12-13-26(17)3/h8-11,16-17,20,28H,4-7,12-14H2,1-3H3/t16-,17+,20-,24-,25-/m0/s1. The Hall–Kier alpha value is -2.18. The molecular formula is C25H31NO5. The number of esters is 1. The number of nitrogens with zero attached hydrogens (tertiary/aromatic N) is 1. The van der Waals surface area contributed by atoms with Crippen molar-refractivity contribution in [3.8, 4) is 11.5 Å². The molecule has 2 aliphatic heterocycles. The molecule has 0 amide bonds. The number of rotatable bonds is 6. The Balaban J connectivity index is 1.75. The van der Waals surface area contributed by atoms with Crippen LogP contribution in [0.4, 0.5) is 0 Å². The fraction of sp³-hybridized carbons (Fsp3) is 0.600. The lowest BCUT2D eigenvalue weighted by molar-refractivity contribution is -0.161. The first-order valence-electron chi connectivity index (χ1n) is 11.6. The van der Waals surface area contributed by atoms with Crippen molar-refractivity contribution in [2.45, 2.75) is 75.5 Å². The average Bonchev–Trinajstić information content (AvgIpc) is 3.06. The SMILES string of the molecule is CCCC(=O)Oc1ccc2c3c1O[C@@]1(C(=O)CCC)[C@@H](O)C=C[C@H]4[C@@H](C2)N(C)CC[C@@]341. The summed E-state index contributed by atoms with van der Waals surface area (Å²) in [5.41, 5.74) is 0.108. The van der Waals surface area contributed by atoms with Gasteiger partial charge in [-0.05, 0) is 50.9 Å². The molecule has 0 unspecified atom stereocenters. The minimum Gasteiger partial charge on any atom is -0.471 e. The quantitative estimate of drug-likeness (QED) is 0.429. The van der Waals surface area contributed by atoms with Crippen molar-refractivity contribution in [1.29, 1.82) is 0 Å².